The predicted octanol–water partition coefficient (Wildman–Crippen LogP) is 4.92. The van der Waals surface area contributed by atoms with Crippen LogP contribution in [0.15, 0.2) is 21.5 Å². The second kappa shape index (κ2) is 3.53. The highest BCUT2D eigenvalue weighted by atomic mass is 79.9. The van der Waals surface area contributed by atoms with E-state index in [0.29, 0.717) is 0 Å². The first-order valence-electron chi connectivity index (χ1n) is 4.00. The van der Waals surface area contributed by atoms with E-state index in [1.807, 2.05) is 0 Å². The van der Waals surface area contributed by atoms with E-state index in [1.165, 1.54) is 0 Å². The monoisotopic (exact) mass is 372 g/mol. The van der Waals surface area contributed by atoms with Gasteiger partial charge in [-0.2, -0.15) is 0 Å². The summed E-state index contributed by atoms with van der Waals surface area (Å²) in [7, 11) is -10.3. The van der Waals surface area contributed by atoms with Crippen molar-refractivity contribution in [3.05, 3.63) is 36.8 Å². The molecule has 0 unspecified atom stereocenters. The van der Waals surface area contributed by atoms with E-state index in [2.05, 4.69) is 15.9 Å². The van der Waals surface area contributed by atoms with Gasteiger partial charge >= 0.3 is 10.2 Å². The van der Waals surface area contributed by atoms with Crippen LogP contribution in [0.2, 0.25) is 0 Å². The minimum absolute atomic E-state index is 0.446. The van der Waals surface area contributed by atoms with E-state index >= 15 is 0 Å². The lowest BCUT2D eigenvalue weighted by Gasteiger charge is -2.40. The SMILES string of the molecule is O=[N+]([O-])c1cc(S(F)(F)(F)(F)F)cc([N+](=O)[O-])c1Br. The summed E-state index contributed by atoms with van der Waals surface area (Å²) in [6, 6.07) is -0.892. The van der Waals surface area contributed by atoms with E-state index in [9.17, 15) is 39.7 Å². The minimum Gasteiger partial charge on any atom is -0.258 e. The van der Waals surface area contributed by atoms with Gasteiger partial charge in [-0.1, -0.05) is 19.4 Å². The normalized spacial score (nSPS) is 15.5. The van der Waals surface area contributed by atoms with Gasteiger partial charge in [0.05, 0.1) is 9.85 Å². The molecule has 0 aliphatic heterocycles. The van der Waals surface area contributed by atoms with E-state index in [-0.39, 0.29) is 0 Å². The van der Waals surface area contributed by atoms with Crippen LogP contribution in [0.25, 0.3) is 0 Å². The van der Waals surface area contributed by atoms with Gasteiger partial charge in [-0.3, -0.25) is 20.2 Å². The lowest BCUT2D eigenvalue weighted by atomic mass is 10.3. The molecule has 0 aromatic heterocycles. The van der Waals surface area contributed by atoms with Crippen molar-refractivity contribution >= 4 is 37.5 Å². The zero-order chi connectivity index (χ0) is 15.3. The molecule has 0 amide bonds. The average molecular weight is 373 g/mol. The maximum atomic E-state index is 12.5. The highest BCUT2D eigenvalue weighted by Crippen LogP contribution is 3.02. The number of nitro benzene ring substituents is 2. The number of rotatable bonds is 3. The molecule has 1 aromatic carbocycles. The van der Waals surface area contributed by atoms with Gasteiger partial charge in [0.15, 0.2) is 4.47 Å². The quantitative estimate of drug-likeness (QED) is 0.427. The van der Waals surface area contributed by atoms with Gasteiger partial charge in [0.1, 0.15) is 4.90 Å². The molecule has 0 radical (unpaired) electrons. The van der Waals surface area contributed by atoms with Gasteiger partial charge in [-0.25, -0.2) is 0 Å². The van der Waals surface area contributed by atoms with Crippen LogP contribution in [0.5, 0.6) is 0 Å². The Labute approximate surface area is 109 Å². The van der Waals surface area contributed by atoms with Crippen LogP contribution in [0.1, 0.15) is 0 Å². The first-order valence-corrected chi connectivity index (χ1v) is 6.74. The molecule has 19 heavy (non-hydrogen) atoms. The van der Waals surface area contributed by atoms with Crippen LogP contribution in [0, 0.1) is 20.2 Å². The Morgan fingerprint density at radius 1 is 0.947 bits per heavy atom. The number of nitro groups is 2. The van der Waals surface area contributed by atoms with Crippen molar-refractivity contribution in [1.82, 2.24) is 0 Å². The predicted molar refractivity (Wildman–Crippen MR) is 58.8 cm³/mol. The third kappa shape index (κ3) is 3.28. The summed E-state index contributed by atoms with van der Waals surface area (Å²) >= 11 is 2.34. The van der Waals surface area contributed by atoms with Gasteiger partial charge in [0.2, 0.25) is 0 Å². The Bertz CT molecular complexity index is 568. The first kappa shape index (κ1) is 15.6. The minimum atomic E-state index is -10.3. The summed E-state index contributed by atoms with van der Waals surface area (Å²) in [4.78, 5) is 15.3. The largest absolute Gasteiger partial charge is 0.310 e. The molecule has 0 atom stereocenters. The lowest BCUT2D eigenvalue weighted by molar-refractivity contribution is -0.396. The van der Waals surface area contributed by atoms with Crippen LogP contribution in [-0.4, -0.2) is 9.85 Å². The van der Waals surface area contributed by atoms with Crippen molar-refractivity contribution in [3.63, 3.8) is 0 Å². The molecule has 0 fully saturated rings. The summed E-state index contributed by atoms with van der Waals surface area (Å²) in [5.41, 5.74) is -2.95. The molecule has 1 rings (SSSR count). The lowest BCUT2D eigenvalue weighted by Crippen LogP contribution is -2.08. The molecule has 1 aromatic rings. The summed E-state index contributed by atoms with van der Waals surface area (Å²) in [6.07, 6.45) is 0. The van der Waals surface area contributed by atoms with Gasteiger partial charge in [-0.15, -0.1) is 0 Å². The number of hydrogen-bond acceptors (Lipinski definition) is 4. The zero-order valence-electron chi connectivity index (χ0n) is 8.36. The van der Waals surface area contributed by atoms with Crippen LogP contribution in [-0.2, 0) is 0 Å². The Morgan fingerprint density at radius 2 is 1.26 bits per heavy atom. The molecule has 0 aliphatic rings. The molecule has 0 aliphatic carbocycles. The molecular formula is C6H2BrF5N2O4S. The molecular weight excluding hydrogens is 371 g/mol. The molecule has 0 saturated heterocycles. The van der Waals surface area contributed by atoms with Crippen LogP contribution >= 0.6 is 26.2 Å². The number of nitrogens with zero attached hydrogens (tertiary/aromatic N) is 2. The van der Waals surface area contributed by atoms with Crippen LogP contribution in [0.3, 0.4) is 0 Å². The number of benzene rings is 1. The smallest absolute Gasteiger partial charge is 0.258 e. The number of halogens is 6. The van der Waals surface area contributed by atoms with Crippen molar-refractivity contribution < 1.29 is 29.3 Å². The molecule has 13 heteroatoms. The first-order chi connectivity index (χ1) is 8.13. The second-order valence-electron chi connectivity index (χ2n) is 3.26. The standard InChI is InChI=1S/C6H2BrF5N2O4S/c7-6-4(13(15)16)1-3(2-5(6)14(17)18)19(8,9,10,11)12/h1-2H. The summed E-state index contributed by atoms with van der Waals surface area (Å²) in [6.45, 7) is 0. The van der Waals surface area contributed by atoms with Gasteiger partial charge in [0, 0.05) is 12.1 Å². The van der Waals surface area contributed by atoms with Gasteiger partial charge in [0.25, 0.3) is 11.4 Å². The number of hydrogen-bond donors (Lipinski definition) is 0. The molecule has 0 N–H and O–H groups in total. The maximum absolute atomic E-state index is 12.5. The van der Waals surface area contributed by atoms with Crippen molar-refractivity contribution in [2.24, 2.45) is 0 Å². The molecule has 0 heterocycles. The van der Waals surface area contributed by atoms with E-state index in [0.717, 1.165) is 0 Å². The Kier molecular flexibility index (Phi) is 2.89. The van der Waals surface area contributed by atoms with Crippen molar-refractivity contribution in [2.45, 2.75) is 4.90 Å². The molecule has 0 saturated carbocycles. The fourth-order valence-electron chi connectivity index (χ4n) is 1.06. The molecule has 0 spiro atoms. The molecule has 108 valence electrons. The van der Waals surface area contributed by atoms with Crippen molar-refractivity contribution in [3.8, 4) is 0 Å². The van der Waals surface area contributed by atoms with E-state index in [1.54, 1.807) is 0 Å². The maximum Gasteiger partial charge on any atom is 0.310 e. The summed E-state index contributed by atoms with van der Waals surface area (Å²) in [5.74, 6) is 0. The van der Waals surface area contributed by atoms with Crippen molar-refractivity contribution in [2.75, 3.05) is 0 Å². The van der Waals surface area contributed by atoms with Gasteiger partial charge in [-0.05, 0) is 15.9 Å². The fourth-order valence-corrected chi connectivity index (χ4v) is 2.24. The summed E-state index contributed by atoms with van der Waals surface area (Å²) < 4.78 is 61.6. The van der Waals surface area contributed by atoms with E-state index in [4.69, 9.17) is 0 Å². The zero-order valence-corrected chi connectivity index (χ0v) is 10.8. The van der Waals surface area contributed by atoms with Crippen LogP contribution < -0.4 is 0 Å². The third-order valence-electron chi connectivity index (χ3n) is 1.85. The van der Waals surface area contributed by atoms with Crippen LogP contribution in [0.4, 0.5) is 30.8 Å². The van der Waals surface area contributed by atoms with Crippen molar-refractivity contribution in [1.29, 1.82) is 0 Å². The Balaban J connectivity index is 3.83. The second-order valence-corrected chi connectivity index (χ2v) is 6.46. The Hall–Kier alpha value is -1.50. The Morgan fingerprint density at radius 3 is 1.47 bits per heavy atom. The fraction of sp³-hybridized carbons (Fsp3) is 0. The summed E-state index contributed by atoms with van der Waals surface area (Å²) in [5, 5.41) is 20.9. The molecule has 6 nitrogen and oxygen atoms in total. The third-order valence-corrected chi connectivity index (χ3v) is 3.79. The highest BCUT2D eigenvalue weighted by Gasteiger charge is 2.66. The van der Waals surface area contributed by atoms with Gasteiger partial charge < -0.3 is 0 Å². The topological polar surface area (TPSA) is 86.3 Å². The molecule has 0 bridgehead atoms. The van der Waals surface area contributed by atoms with E-state index < -0.39 is 52.9 Å². The average Bonchev–Trinajstić information content (AvgIpc) is 2.12. The highest BCUT2D eigenvalue weighted by molar-refractivity contribution is 9.10.